The van der Waals surface area contributed by atoms with Gasteiger partial charge in [-0.3, -0.25) is 4.79 Å². The largest absolute Gasteiger partial charge is 0.337 e. The summed E-state index contributed by atoms with van der Waals surface area (Å²) in [6.45, 7) is 1.58. The van der Waals surface area contributed by atoms with Crippen LogP contribution in [0.1, 0.15) is 11.1 Å². The van der Waals surface area contributed by atoms with E-state index in [9.17, 15) is 22.0 Å². The van der Waals surface area contributed by atoms with E-state index < -0.39 is 27.4 Å². The van der Waals surface area contributed by atoms with E-state index in [0.29, 0.717) is 16.5 Å². The molecule has 0 aliphatic rings. The number of aryl methyl sites for hydroxylation is 1. The third kappa shape index (κ3) is 4.40. The molecule has 0 aliphatic carbocycles. The van der Waals surface area contributed by atoms with Crippen molar-refractivity contribution in [2.75, 3.05) is 5.32 Å². The molecule has 0 atom stereocenters. The van der Waals surface area contributed by atoms with Gasteiger partial charge in [-0.25, -0.2) is 17.2 Å². The quantitative estimate of drug-likeness (QED) is 0.453. The number of para-hydroxylation sites is 1. The number of amides is 1. The van der Waals surface area contributed by atoms with Crippen LogP contribution in [0.15, 0.2) is 77.8 Å². The summed E-state index contributed by atoms with van der Waals surface area (Å²) in [5.41, 5.74) is 1.84. The number of halogens is 2. The normalized spacial score (nSPS) is 11.6. The van der Waals surface area contributed by atoms with Crippen molar-refractivity contribution in [2.45, 2.75) is 24.1 Å². The number of nitrogens with zero attached hydrogens (tertiary/aromatic N) is 1. The van der Waals surface area contributed by atoms with E-state index in [1.54, 1.807) is 36.4 Å². The second kappa shape index (κ2) is 8.55. The molecule has 1 amide bonds. The molecule has 3 aromatic carbocycles. The number of anilines is 1. The number of hydrogen-bond donors (Lipinski definition) is 1. The lowest BCUT2D eigenvalue weighted by molar-refractivity contribution is -0.116. The number of carbonyl (C=O) groups is 1. The fourth-order valence-electron chi connectivity index (χ4n) is 3.58. The Hall–Kier alpha value is -3.52. The van der Waals surface area contributed by atoms with Crippen LogP contribution in [0.3, 0.4) is 0 Å². The lowest BCUT2D eigenvalue weighted by atomic mass is 10.1. The highest BCUT2D eigenvalue weighted by Gasteiger charge is 2.23. The summed E-state index contributed by atoms with van der Waals surface area (Å²) in [6, 6.07) is 16.9. The van der Waals surface area contributed by atoms with E-state index in [4.69, 9.17) is 0 Å². The smallest absolute Gasteiger partial charge is 0.244 e. The molecule has 4 rings (SSSR count). The number of carbonyl (C=O) groups excluding carboxylic acids is 1. The van der Waals surface area contributed by atoms with Crippen molar-refractivity contribution in [3.8, 4) is 0 Å². The Morgan fingerprint density at radius 1 is 1.00 bits per heavy atom. The first-order valence-electron chi connectivity index (χ1n) is 9.84. The molecular formula is C24H20F2N2O3S. The minimum absolute atomic E-state index is 0.112. The second-order valence-corrected chi connectivity index (χ2v) is 9.45. The van der Waals surface area contributed by atoms with Gasteiger partial charge in [-0.05, 0) is 36.2 Å². The van der Waals surface area contributed by atoms with Crippen molar-refractivity contribution in [2.24, 2.45) is 0 Å². The van der Waals surface area contributed by atoms with Crippen LogP contribution in [0.2, 0.25) is 0 Å². The molecule has 32 heavy (non-hydrogen) atoms. The molecular weight excluding hydrogens is 434 g/mol. The minimum atomic E-state index is -3.71. The van der Waals surface area contributed by atoms with Crippen LogP contribution in [0.5, 0.6) is 0 Å². The highest BCUT2D eigenvalue weighted by atomic mass is 32.2. The first-order valence-corrected chi connectivity index (χ1v) is 11.5. The first-order chi connectivity index (χ1) is 15.2. The van der Waals surface area contributed by atoms with Crippen LogP contribution >= 0.6 is 0 Å². The van der Waals surface area contributed by atoms with Gasteiger partial charge in [0, 0.05) is 23.2 Å². The second-order valence-electron chi connectivity index (χ2n) is 7.50. The summed E-state index contributed by atoms with van der Waals surface area (Å²) in [6.07, 6.45) is 1.42. The Morgan fingerprint density at radius 2 is 1.72 bits per heavy atom. The van der Waals surface area contributed by atoms with Crippen LogP contribution in [0, 0.1) is 18.6 Å². The lowest BCUT2D eigenvalue weighted by Crippen LogP contribution is -2.19. The van der Waals surface area contributed by atoms with Crippen molar-refractivity contribution < 1.29 is 22.0 Å². The van der Waals surface area contributed by atoms with Crippen LogP contribution in [0.25, 0.3) is 10.9 Å². The van der Waals surface area contributed by atoms with Gasteiger partial charge in [0.15, 0.2) is 9.84 Å². The zero-order chi connectivity index (χ0) is 22.9. The van der Waals surface area contributed by atoms with Gasteiger partial charge in [0.05, 0.1) is 16.3 Å². The van der Waals surface area contributed by atoms with Gasteiger partial charge in [0.1, 0.15) is 18.2 Å². The van der Waals surface area contributed by atoms with E-state index in [-0.39, 0.29) is 22.9 Å². The standard InChI is InChI=1S/C24H20F2N2O3S/c1-16-6-2-3-7-17(16)15-32(30,31)23-13-28(22-9-5-4-8-19(22)23)14-24(29)27-21-12-18(25)10-11-20(21)26/h2-13H,14-15H2,1H3,(H,27,29). The SMILES string of the molecule is Cc1ccccc1CS(=O)(=O)c1cn(CC(=O)Nc2cc(F)ccc2F)c2ccccc12. The molecule has 1 N–H and O–H groups in total. The van der Waals surface area contributed by atoms with Crippen LogP contribution < -0.4 is 5.32 Å². The summed E-state index contributed by atoms with van der Waals surface area (Å²) in [5, 5.41) is 2.83. The molecule has 0 saturated heterocycles. The van der Waals surface area contributed by atoms with Gasteiger partial charge in [-0.1, -0.05) is 42.5 Å². The fraction of sp³-hybridized carbons (Fsp3) is 0.125. The number of sulfone groups is 1. The maximum atomic E-state index is 13.9. The third-order valence-corrected chi connectivity index (χ3v) is 6.90. The molecule has 1 aromatic heterocycles. The summed E-state index contributed by atoms with van der Waals surface area (Å²) in [4.78, 5) is 12.6. The molecule has 0 aliphatic heterocycles. The van der Waals surface area contributed by atoms with E-state index in [1.807, 2.05) is 19.1 Å². The average Bonchev–Trinajstić information content (AvgIpc) is 3.12. The third-order valence-electron chi connectivity index (χ3n) is 5.21. The highest BCUT2D eigenvalue weighted by molar-refractivity contribution is 7.90. The predicted octanol–water partition coefficient (Wildman–Crippen LogP) is 4.84. The maximum absolute atomic E-state index is 13.9. The highest BCUT2D eigenvalue weighted by Crippen LogP contribution is 2.29. The summed E-state index contributed by atoms with van der Waals surface area (Å²) >= 11 is 0. The topological polar surface area (TPSA) is 68.2 Å². The van der Waals surface area contributed by atoms with Crippen molar-refractivity contribution in [3.05, 3.63) is 95.7 Å². The first kappa shape index (κ1) is 21.7. The molecule has 4 aromatic rings. The number of benzene rings is 3. The van der Waals surface area contributed by atoms with E-state index in [1.165, 1.54) is 10.8 Å². The fourth-order valence-corrected chi connectivity index (χ4v) is 5.27. The number of rotatable bonds is 6. The molecule has 8 heteroatoms. The molecule has 5 nitrogen and oxygen atoms in total. The van der Waals surface area contributed by atoms with Crippen molar-refractivity contribution in [1.29, 1.82) is 0 Å². The summed E-state index contributed by atoms with van der Waals surface area (Å²) in [5.74, 6) is -2.23. The molecule has 0 bridgehead atoms. The number of nitrogens with one attached hydrogen (secondary N) is 1. The maximum Gasteiger partial charge on any atom is 0.244 e. The van der Waals surface area contributed by atoms with Gasteiger partial charge in [0.25, 0.3) is 0 Å². The van der Waals surface area contributed by atoms with E-state index in [2.05, 4.69) is 5.32 Å². The molecule has 0 saturated carbocycles. The lowest BCUT2D eigenvalue weighted by Gasteiger charge is -2.08. The van der Waals surface area contributed by atoms with Gasteiger partial charge in [-0.2, -0.15) is 0 Å². The molecule has 0 spiro atoms. The molecule has 0 unspecified atom stereocenters. The molecule has 0 fully saturated rings. The van der Waals surface area contributed by atoms with Gasteiger partial charge in [-0.15, -0.1) is 0 Å². The number of fused-ring (bicyclic) bond motifs is 1. The minimum Gasteiger partial charge on any atom is -0.337 e. The van der Waals surface area contributed by atoms with Crippen LogP contribution in [-0.2, 0) is 26.9 Å². The Bertz CT molecular complexity index is 1430. The Kier molecular flexibility index (Phi) is 5.80. The van der Waals surface area contributed by atoms with Gasteiger partial charge >= 0.3 is 0 Å². The predicted molar refractivity (Wildman–Crippen MR) is 119 cm³/mol. The van der Waals surface area contributed by atoms with Crippen molar-refractivity contribution in [1.82, 2.24) is 4.57 Å². The zero-order valence-corrected chi connectivity index (χ0v) is 18.0. The van der Waals surface area contributed by atoms with E-state index >= 15 is 0 Å². The summed E-state index contributed by atoms with van der Waals surface area (Å²) < 4.78 is 55.2. The number of hydrogen-bond acceptors (Lipinski definition) is 3. The van der Waals surface area contributed by atoms with E-state index in [0.717, 1.165) is 23.8 Å². The van der Waals surface area contributed by atoms with Crippen molar-refractivity contribution >= 4 is 32.3 Å². The summed E-state index contributed by atoms with van der Waals surface area (Å²) in [7, 11) is -3.71. The molecule has 1 heterocycles. The van der Waals surface area contributed by atoms with Crippen LogP contribution in [0.4, 0.5) is 14.5 Å². The number of aromatic nitrogens is 1. The monoisotopic (exact) mass is 454 g/mol. The van der Waals surface area contributed by atoms with Crippen molar-refractivity contribution in [3.63, 3.8) is 0 Å². The Morgan fingerprint density at radius 3 is 2.50 bits per heavy atom. The molecule has 164 valence electrons. The van der Waals surface area contributed by atoms with Gasteiger partial charge < -0.3 is 9.88 Å². The van der Waals surface area contributed by atoms with Crippen LogP contribution in [-0.4, -0.2) is 18.9 Å². The molecule has 0 radical (unpaired) electrons. The zero-order valence-electron chi connectivity index (χ0n) is 17.2. The Balaban J connectivity index is 1.66. The van der Waals surface area contributed by atoms with Gasteiger partial charge in [0.2, 0.25) is 5.91 Å². The Labute approximate surface area is 184 Å². The average molecular weight is 454 g/mol.